The van der Waals surface area contributed by atoms with Crippen molar-refractivity contribution in [2.24, 2.45) is 5.92 Å². The molecule has 1 atom stereocenters. The maximum atomic E-state index is 12.8. The second-order valence-corrected chi connectivity index (χ2v) is 6.96. The molecule has 1 amide bonds. The fourth-order valence-corrected chi connectivity index (χ4v) is 3.06. The molecule has 8 heteroatoms. The summed E-state index contributed by atoms with van der Waals surface area (Å²) in [5, 5.41) is 7.11. The predicted octanol–water partition coefficient (Wildman–Crippen LogP) is 2.50. The third kappa shape index (κ3) is 4.07. The predicted molar refractivity (Wildman–Crippen MR) is 93.6 cm³/mol. The van der Waals surface area contributed by atoms with E-state index in [1.54, 1.807) is 20.0 Å². The van der Waals surface area contributed by atoms with Crippen molar-refractivity contribution in [1.82, 2.24) is 25.4 Å². The number of rotatable bonds is 5. The lowest BCUT2D eigenvalue weighted by atomic mass is 9.91. The highest BCUT2D eigenvalue weighted by molar-refractivity contribution is 5.95. The van der Waals surface area contributed by atoms with Gasteiger partial charge in [0, 0.05) is 25.3 Å². The number of hydrogen-bond donors (Lipinski definition) is 1. The molecule has 140 valence electrons. The minimum absolute atomic E-state index is 0.159. The van der Waals surface area contributed by atoms with Gasteiger partial charge in [-0.3, -0.25) is 4.79 Å². The molecule has 1 aliphatic rings. The lowest BCUT2D eigenvalue weighted by Crippen LogP contribution is -2.36. The van der Waals surface area contributed by atoms with Crippen molar-refractivity contribution in [2.75, 3.05) is 13.2 Å². The smallest absolute Gasteiger partial charge is 0.255 e. The van der Waals surface area contributed by atoms with Crippen LogP contribution in [0.15, 0.2) is 10.7 Å². The SMILES string of the molecule is Cc1ncc(C(=O)N[C@@H](c2nc(C(C)C)no2)C2CCOCC2)c(C)n1. The van der Waals surface area contributed by atoms with E-state index >= 15 is 0 Å². The maximum absolute atomic E-state index is 12.8. The molecule has 3 heterocycles. The Balaban J connectivity index is 1.85. The summed E-state index contributed by atoms with van der Waals surface area (Å²) in [5.74, 6) is 1.83. The van der Waals surface area contributed by atoms with Crippen LogP contribution in [-0.4, -0.2) is 39.2 Å². The van der Waals surface area contributed by atoms with E-state index in [2.05, 4.69) is 25.4 Å². The molecular weight excluding hydrogens is 334 g/mol. The number of nitrogens with one attached hydrogen (secondary N) is 1. The third-order valence-electron chi connectivity index (χ3n) is 4.61. The number of aromatic nitrogens is 4. The number of nitrogens with zero attached hydrogens (tertiary/aromatic N) is 4. The van der Waals surface area contributed by atoms with E-state index in [1.807, 2.05) is 13.8 Å². The number of ether oxygens (including phenoxy) is 1. The third-order valence-corrected chi connectivity index (χ3v) is 4.61. The quantitative estimate of drug-likeness (QED) is 0.875. The highest BCUT2D eigenvalue weighted by Crippen LogP contribution is 2.30. The highest BCUT2D eigenvalue weighted by Gasteiger charge is 2.32. The van der Waals surface area contributed by atoms with Crippen LogP contribution in [0.2, 0.25) is 0 Å². The summed E-state index contributed by atoms with van der Waals surface area (Å²) in [6.45, 7) is 8.93. The number of carbonyl (C=O) groups excluding carboxylic acids is 1. The van der Waals surface area contributed by atoms with Gasteiger partial charge < -0.3 is 14.6 Å². The molecule has 0 saturated carbocycles. The summed E-state index contributed by atoms with van der Waals surface area (Å²) in [6.07, 6.45) is 3.21. The van der Waals surface area contributed by atoms with Crippen molar-refractivity contribution < 1.29 is 14.1 Å². The number of amides is 1. The Labute approximate surface area is 152 Å². The van der Waals surface area contributed by atoms with Gasteiger partial charge in [0.1, 0.15) is 11.9 Å². The Kier molecular flexibility index (Phi) is 5.61. The minimum Gasteiger partial charge on any atom is -0.381 e. The first-order valence-corrected chi connectivity index (χ1v) is 8.98. The fourth-order valence-electron chi connectivity index (χ4n) is 3.06. The van der Waals surface area contributed by atoms with Gasteiger partial charge >= 0.3 is 0 Å². The largest absolute Gasteiger partial charge is 0.381 e. The van der Waals surface area contributed by atoms with Gasteiger partial charge in [-0.25, -0.2) is 9.97 Å². The van der Waals surface area contributed by atoms with Gasteiger partial charge in [0.2, 0.25) is 5.89 Å². The van der Waals surface area contributed by atoms with Crippen LogP contribution in [0.1, 0.15) is 72.2 Å². The van der Waals surface area contributed by atoms with Gasteiger partial charge in [0.05, 0.1) is 11.3 Å². The van der Waals surface area contributed by atoms with Crippen molar-refractivity contribution in [3.8, 4) is 0 Å². The molecule has 0 spiro atoms. The van der Waals surface area contributed by atoms with Crippen LogP contribution in [0.4, 0.5) is 0 Å². The van der Waals surface area contributed by atoms with Gasteiger partial charge in [-0.05, 0) is 32.6 Å². The van der Waals surface area contributed by atoms with Crippen LogP contribution in [0.3, 0.4) is 0 Å². The Bertz CT molecular complexity index is 768. The van der Waals surface area contributed by atoms with Crippen LogP contribution in [0.5, 0.6) is 0 Å². The topological polar surface area (TPSA) is 103 Å². The summed E-state index contributed by atoms with van der Waals surface area (Å²) >= 11 is 0. The molecule has 2 aromatic heterocycles. The van der Waals surface area contributed by atoms with E-state index in [-0.39, 0.29) is 23.8 Å². The Morgan fingerprint density at radius 3 is 2.58 bits per heavy atom. The lowest BCUT2D eigenvalue weighted by Gasteiger charge is -2.28. The molecule has 2 aromatic rings. The molecule has 0 aromatic carbocycles. The second-order valence-electron chi connectivity index (χ2n) is 6.96. The molecule has 0 radical (unpaired) electrons. The van der Waals surface area contributed by atoms with Crippen LogP contribution < -0.4 is 5.32 Å². The average Bonchev–Trinajstić information content (AvgIpc) is 3.10. The van der Waals surface area contributed by atoms with Gasteiger partial charge in [-0.1, -0.05) is 19.0 Å². The van der Waals surface area contributed by atoms with Crippen molar-refractivity contribution in [3.63, 3.8) is 0 Å². The van der Waals surface area contributed by atoms with E-state index in [9.17, 15) is 4.79 Å². The molecular formula is C18H25N5O3. The highest BCUT2D eigenvalue weighted by atomic mass is 16.5. The zero-order valence-corrected chi connectivity index (χ0v) is 15.7. The molecule has 0 aliphatic carbocycles. The first kappa shape index (κ1) is 18.4. The summed E-state index contributed by atoms with van der Waals surface area (Å²) < 4.78 is 10.9. The van der Waals surface area contributed by atoms with Gasteiger partial charge in [0.15, 0.2) is 5.82 Å². The molecule has 1 saturated heterocycles. The molecule has 1 fully saturated rings. The lowest BCUT2D eigenvalue weighted by molar-refractivity contribution is 0.0467. The van der Waals surface area contributed by atoms with E-state index in [4.69, 9.17) is 9.26 Å². The molecule has 0 bridgehead atoms. The Hall–Kier alpha value is -2.35. The second kappa shape index (κ2) is 7.90. The van der Waals surface area contributed by atoms with Crippen molar-refractivity contribution in [1.29, 1.82) is 0 Å². The number of hydrogen-bond acceptors (Lipinski definition) is 7. The summed E-state index contributed by atoms with van der Waals surface area (Å²) in [7, 11) is 0. The number of aryl methyl sites for hydroxylation is 2. The van der Waals surface area contributed by atoms with Crippen molar-refractivity contribution >= 4 is 5.91 Å². The first-order valence-electron chi connectivity index (χ1n) is 8.98. The molecule has 26 heavy (non-hydrogen) atoms. The molecule has 8 nitrogen and oxygen atoms in total. The summed E-state index contributed by atoms with van der Waals surface area (Å²) in [4.78, 5) is 25.7. The molecule has 1 N–H and O–H groups in total. The standard InChI is InChI=1S/C18H25N5O3/c1-10(2)16-22-18(26-23-16)15(13-5-7-25-8-6-13)21-17(24)14-9-19-12(4)20-11(14)3/h9-10,13,15H,5-8H2,1-4H3,(H,21,24)/t15-/m1/s1. The Morgan fingerprint density at radius 1 is 1.23 bits per heavy atom. The maximum Gasteiger partial charge on any atom is 0.255 e. The normalized spacial score (nSPS) is 16.7. The van der Waals surface area contributed by atoms with E-state index < -0.39 is 0 Å². The minimum atomic E-state index is -0.355. The van der Waals surface area contributed by atoms with Crippen molar-refractivity contribution in [2.45, 2.75) is 52.5 Å². The van der Waals surface area contributed by atoms with E-state index in [0.717, 1.165) is 12.8 Å². The molecule has 3 rings (SSSR count). The van der Waals surface area contributed by atoms with E-state index in [0.29, 0.717) is 42.0 Å². The molecule has 1 aliphatic heterocycles. The summed E-state index contributed by atoms with van der Waals surface area (Å²) in [5.41, 5.74) is 1.10. The van der Waals surface area contributed by atoms with Gasteiger partial charge in [0.25, 0.3) is 5.91 Å². The van der Waals surface area contributed by atoms with Gasteiger partial charge in [-0.15, -0.1) is 0 Å². The van der Waals surface area contributed by atoms with Crippen LogP contribution >= 0.6 is 0 Å². The fraction of sp³-hybridized carbons (Fsp3) is 0.611. The monoisotopic (exact) mass is 359 g/mol. The first-order chi connectivity index (χ1) is 12.5. The van der Waals surface area contributed by atoms with Gasteiger partial charge in [-0.2, -0.15) is 4.98 Å². The zero-order valence-electron chi connectivity index (χ0n) is 15.7. The zero-order chi connectivity index (χ0) is 18.7. The molecule has 0 unspecified atom stereocenters. The number of carbonyl (C=O) groups is 1. The van der Waals surface area contributed by atoms with Crippen LogP contribution in [0, 0.1) is 19.8 Å². The average molecular weight is 359 g/mol. The Morgan fingerprint density at radius 2 is 1.96 bits per heavy atom. The van der Waals surface area contributed by atoms with Crippen molar-refractivity contribution in [3.05, 3.63) is 35.0 Å². The van der Waals surface area contributed by atoms with E-state index in [1.165, 1.54) is 0 Å². The van der Waals surface area contributed by atoms with Crippen LogP contribution in [-0.2, 0) is 4.74 Å². The summed E-state index contributed by atoms with van der Waals surface area (Å²) in [6, 6.07) is -0.355. The van der Waals surface area contributed by atoms with Crippen LogP contribution in [0.25, 0.3) is 0 Å².